The molecule has 0 aliphatic carbocycles. The van der Waals surface area contributed by atoms with Crippen LogP contribution >= 0.6 is 24.2 Å². The molecule has 1 saturated heterocycles. The Labute approximate surface area is 130 Å². The fourth-order valence-corrected chi connectivity index (χ4v) is 3.02. The van der Waals surface area contributed by atoms with E-state index in [1.807, 2.05) is 38.2 Å². The molecule has 1 unspecified atom stereocenters. The van der Waals surface area contributed by atoms with Gasteiger partial charge in [0.15, 0.2) is 0 Å². The number of nitrogens with zero attached hydrogens (tertiary/aromatic N) is 1. The standard InChI is InChI=1S/C14H20N2O2S.ClH/c1-3-18-13-7-5-4-6-11(13)8-16(2)14(17)12-9-19-10-15-12;/h4-7,12,15H,3,8-10H2,1-2H3;1H. The molecule has 0 radical (unpaired) electrons. The molecule has 1 heterocycles. The van der Waals surface area contributed by atoms with E-state index >= 15 is 0 Å². The van der Waals surface area contributed by atoms with Gasteiger partial charge in [0.05, 0.1) is 12.6 Å². The van der Waals surface area contributed by atoms with Crippen LogP contribution in [0.25, 0.3) is 0 Å². The maximum absolute atomic E-state index is 12.2. The van der Waals surface area contributed by atoms with Crippen molar-refractivity contribution in [3.8, 4) is 5.75 Å². The van der Waals surface area contributed by atoms with Gasteiger partial charge in [-0.1, -0.05) is 18.2 Å². The first-order chi connectivity index (χ1) is 9.22. The molecule has 0 aromatic heterocycles. The van der Waals surface area contributed by atoms with Crippen LogP contribution in [-0.4, -0.2) is 42.1 Å². The Morgan fingerprint density at radius 3 is 2.90 bits per heavy atom. The Hall–Kier alpha value is -0.910. The lowest BCUT2D eigenvalue weighted by molar-refractivity contribution is -0.131. The van der Waals surface area contributed by atoms with Gasteiger partial charge in [-0.25, -0.2) is 0 Å². The average Bonchev–Trinajstić information content (AvgIpc) is 2.94. The lowest BCUT2D eigenvalue weighted by Gasteiger charge is -2.22. The summed E-state index contributed by atoms with van der Waals surface area (Å²) in [5, 5.41) is 3.20. The van der Waals surface area contributed by atoms with Crippen LogP contribution in [0, 0.1) is 0 Å². The molecule has 20 heavy (non-hydrogen) atoms. The minimum Gasteiger partial charge on any atom is -0.494 e. The monoisotopic (exact) mass is 316 g/mol. The molecule has 1 aromatic carbocycles. The van der Waals surface area contributed by atoms with Gasteiger partial charge in [0, 0.05) is 30.8 Å². The number of carbonyl (C=O) groups is 1. The molecular formula is C14H21ClN2O2S. The third kappa shape index (κ3) is 4.30. The zero-order chi connectivity index (χ0) is 13.7. The molecule has 2 rings (SSSR count). The Balaban J connectivity index is 0.00000200. The first-order valence-electron chi connectivity index (χ1n) is 6.49. The smallest absolute Gasteiger partial charge is 0.240 e. The number of carbonyl (C=O) groups excluding carboxylic acids is 1. The highest BCUT2D eigenvalue weighted by Crippen LogP contribution is 2.20. The highest BCUT2D eigenvalue weighted by atomic mass is 35.5. The number of para-hydroxylation sites is 1. The zero-order valence-corrected chi connectivity index (χ0v) is 13.4. The summed E-state index contributed by atoms with van der Waals surface area (Å²) in [6.45, 7) is 3.18. The van der Waals surface area contributed by atoms with Crippen LogP contribution in [0.1, 0.15) is 12.5 Å². The summed E-state index contributed by atoms with van der Waals surface area (Å²) in [6.07, 6.45) is 0. The summed E-state index contributed by atoms with van der Waals surface area (Å²) in [5.41, 5.74) is 1.05. The zero-order valence-electron chi connectivity index (χ0n) is 11.8. The van der Waals surface area contributed by atoms with E-state index in [4.69, 9.17) is 4.74 Å². The number of rotatable bonds is 5. The van der Waals surface area contributed by atoms with Gasteiger partial charge < -0.3 is 9.64 Å². The molecule has 4 nitrogen and oxygen atoms in total. The van der Waals surface area contributed by atoms with Gasteiger partial charge in [-0.05, 0) is 13.0 Å². The van der Waals surface area contributed by atoms with Crippen molar-refractivity contribution in [1.82, 2.24) is 10.2 Å². The molecule has 0 saturated carbocycles. The second kappa shape index (κ2) is 8.39. The van der Waals surface area contributed by atoms with Gasteiger partial charge in [0.2, 0.25) is 5.91 Å². The Morgan fingerprint density at radius 1 is 1.50 bits per heavy atom. The van der Waals surface area contributed by atoms with E-state index in [2.05, 4.69) is 5.32 Å². The van der Waals surface area contributed by atoms with Crippen molar-refractivity contribution in [2.45, 2.75) is 19.5 Å². The summed E-state index contributed by atoms with van der Waals surface area (Å²) in [7, 11) is 1.84. The van der Waals surface area contributed by atoms with Crippen LogP contribution < -0.4 is 10.1 Å². The van der Waals surface area contributed by atoms with Crippen molar-refractivity contribution in [3.63, 3.8) is 0 Å². The molecule has 1 aromatic rings. The van der Waals surface area contributed by atoms with Gasteiger partial charge >= 0.3 is 0 Å². The van der Waals surface area contributed by atoms with E-state index in [0.717, 1.165) is 22.9 Å². The van der Waals surface area contributed by atoms with Gasteiger partial charge in [-0.2, -0.15) is 0 Å². The topological polar surface area (TPSA) is 41.6 Å². The first-order valence-corrected chi connectivity index (χ1v) is 7.64. The number of thioether (sulfide) groups is 1. The average molecular weight is 317 g/mol. The summed E-state index contributed by atoms with van der Waals surface area (Å²) >= 11 is 1.76. The maximum Gasteiger partial charge on any atom is 0.240 e. The lowest BCUT2D eigenvalue weighted by atomic mass is 10.2. The highest BCUT2D eigenvalue weighted by molar-refractivity contribution is 7.99. The van der Waals surface area contributed by atoms with Crippen LogP contribution in [-0.2, 0) is 11.3 Å². The van der Waals surface area contributed by atoms with E-state index < -0.39 is 0 Å². The van der Waals surface area contributed by atoms with Crippen LogP contribution in [0.5, 0.6) is 5.75 Å². The predicted octanol–water partition coefficient (Wildman–Crippen LogP) is 2.13. The molecule has 6 heteroatoms. The second-order valence-electron chi connectivity index (χ2n) is 4.51. The Bertz CT molecular complexity index is 439. The molecular weight excluding hydrogens is 296 g/mol. The summed E-state index contributed by atoms with van der Waals surface area (Å²) in [4.78, 5) is 14.0. The third-order valence-corrected chi connectivity index (χ3v) is 4.01. The summed E-state index contributed by atoms with van der Waals surface area (Å²) < 4.78 is 5.59. The van der Waals surface area contributed by atoms with Gasteiger partial charge in [-0.15, -0.1) is 24.2 Å². The largest absolute Gasteiger partial charge is 0.494 e. The molecule has 1 N–H and O–H groups in total. The highest BCUT2D eigenvalue weighted by Gasteiger charge is 2.25. The number of halogens is 1. The Morgan fingerprint density at radius 2 is 2.25 bits per heavy atom. The summed E-state index contributed by atoms with van der Waals surface area (Å²) in [5.74, 6) is 2.73. The van der Waals surface area contributed by atoms with Crippen molar-refractivity contribution in [2.24, 2.45) is 0 Å². The first kappa shape index (κ1) is 17.1. The summed E-state index contributed by atoms with van der Waals surface area (Å²) in [6, 6.07) is 7.83. The minimum atomic E-state index is -0.0470. The van der Waals surface area contributed by atoms with Crippen molar-refractivity contribution < 1.29 is 9.53 Å². The number of hydrogen-bond acceptors (Lipinski definition) is 4. The molecule has 1 aliphatic rings. The minimum absolute atomic E-state index is 0. The van der Waals surface area contributed by atoms with E-state index in [1.54, 1.807) is 16.7 Å². The molecule has 1 amide bonds. The quantitative estimate of drug-likeness (QED) is 0.903. The van der Waals surface area contributed by atoms with E-state index in [9.17, 15) is 4.79 Å². The molecule has 112 valence electrons. The molecule has 0 bridgehead atoms. The van der Waals surface area contributed by atoms with Crippen LogP contribution in [0.2, 0.25) is 0 Å². The number of hydrogen-bond donors (Lipinski definition) is 1. The number of benzene rings is 1. The fourth-order valence-electron chi connectivity index (χ4n) is 2.08. The number of ether oxygens (including phenoxy) is 1. The van der Waals surface area contributed by atoms with Gasteiger partial charge in [0.1, 0.15) is 5.75 Å². The maximum atomic E-state index is 12.2. The van der Waals surface area contributed by atoms with Crippen LogP contribution in [0.3, 0.4) is 0 Å². The molecule has 1 fully saturated rings. The second-order valence-corrected chi connectivity index (χ2v) is 5.54. The van der Waals surface area contributed by atoms with Crippen molar-refractivity contribution in [2.75, 3.05) is 25.3 Å². The molecule has 1 aliphatic heterocycles. The van der Waals surface area contributed by atoms with Crippen LogP contribution in [0.15, 0.2) is 24.3 Å². The van der Waals surface area contributed by atoms with Crippen molar-refractivity contribution in [3.05, 3.63) is 29.8 Å². The molecule has 0 spiro atoms. The Kier molecular flexibility index (Phi) is 7.19. The van der Waals surface area contributed by atoms with Crippen molar-refractivity contribution in [1.29, 1.82) is 0 Å². The lowest BCUT2D eigenvalue weighted by Crippen LogP contribution is -2.42. The third-order valence-electron chi connectivity index (χ3n) is 3.07. The number of likely N-dealkylation sites (N-methyl/N-ethyl adjacent to an activating group) is 1. The normalized spacial score (nSPS) is 17.4. The number of amides is 1. The van der Waals surface area contributed by atoms with E-state index in [1.165, 1.54) is 0 Å². The van der Waals surface area contributed by atoms with Gasteiger partial charge in [0.25, 0.3) is 0 Å². The predicted molar refractivity (Wildman–Crippen MR) is 85.6 cm³/mol. The number of nitrogens with one attached hydrogen (secondary N) is 1. The SMILES string of the molecule is CCOc1ccccc1CN(C)C(=O)C1CSCN1.Cl. The van der Waals surface area contributed by atoms with Gasteiger partial charge in [-0.3, -0.25) is 10.1 Å². The van der Waals surface area contributed by atoms with E-state index in [0.29, 0.717) is 13.2 Å². The van der Waals surface area contributed by atoms with Crippen LogP contribution in [0.4, 0.5) is 0 Å². The molecule has 1 atom stereocenters. The van der Waals surface area contributed by atoms with Crippen molar-refractivity contribution >= 4 is 30.1 Å². The fraction of sp³-hybridized carbons (Fsp3) is 0.500. The van der Waals surface area contributed by atoms with E-state index in [-0.39, 0.29) is 24.4 Å².